The van der Waals surface area contributed by atoms with Crippen molar-refractivity contribution in [1.82, 2.24) is 0 Å². The number of anilines is 1. The molecule has 0 unspecified atom stereocenters. The van der Waals surface area contributed by atoms with Crippen LogP contribution in [-0.2, 0) is 0 Å². The molecule has 0 saturated heterocycles. The lowest BCUT2D eigenvalue weighted by molar-refractivity contribution is 0.385. The molecule has 1 aromatic rings. The van der Waals surface area contributed by atoms with Gasteiger partial charge in [0.25, 0.3) is 0 Å². The minimum atomic E-state index is -0.405. The van der Waals surface area contributed by atoms with Crippen LogP contribution in [0.5, 0.6) is 5.75 Å². The van der Waals surface area contributed by atoms with Crippen LogP contribution in [0.2, 0.25) is 0 Å². The molecule has 0 aliphatic carbocycles. The fourth-order valence-electron chi connectivity index (χ4n) is 1.37. The highest BCUT2D eigenvalue weighted by atomic mass is 32.2. The Kier molecular flexibility index (Phi) is 5.46. The Balaban J connectivity index is 2.64. The van der Waals surface area contributed by atoms with E-state index in [0.717, 1.165) is 17.1 Å². The van der Waals surface area contributed by atoms with Crippen LogP contribution in [0.25, 0.3) is 0 Å². The maximum atomic E-state index is 13.3. The number of nitrogens with two attached hydrogens (primary N) is 1. The van der Waals surface area contributed by atoms with E-state index in [1.54, 1.807) is 17.8 Å². The first-order valence-corrected chi connectivity index (χ1v) is 6.43. The molecule has 90 valence electrons. The molecule has 4 heteroatoms. The number of benzene rings is 1. The molecule has 0 atom stereocenters. The fourth-order valence-corrected chi connectivity index (χ4v) is 2.35. The SMILES string of the molecule is CCCCCSc1cc(OC)c(F)cc1N. The quantitative estimate of drug-likeness (QED) is 0.470. The number of rotatable bonds is 6. The number of hydrogen-bond donors (Lipinski definition) is 1. The van der Waals surface area contributed by atoms with Crippen LogP contribution in [0.15, 0.2) is 17.0 Å². The molecule has 0 aromatic heterocycles. The first-order valence-electron chi connectivity index (χ1n) is 5.44. The summed E-state index contributed by atoms with van der Waals surface area (Å²) in [5.41, 5.74) is 6.23. The van der Waals surface area contributed by atoms with Crippen molar-refractivity contribution in [1.29, 1.82) is 0 Å². The fraction of sp³-hybridized carbons (Fsp3) is 0.500. The van der Waals surface area contributed by atoms with Gasteiger partial charge in [-0.05, 0) is 18.2 Å². The third-order valence-electron chi connectivity index (χ3n) is 2.29. The van der Waals surface area contributed by atoms with Gasteiger partial charge in [0.05, 0.1) is 7.11 Å². The van der Waals surface area contributed by atoms with E-state index in [9.17, 15) is 4.39 Å². The summed E-state index contributed by atoms with van der Waals surface area (Å²) in [6, 6.07) is 2.99. The minimum Gasteiger partial charge on any atom is -0.494 e. The maximum Gasteiger partial charge on any atom is 0.167 e. The average Bonchev–Trinajstić information content (AvgIpc) is 2.27. The van der Waals surface area contributed by atoms with E-state index in [1.807, 2.05) is 0 Å². The van der Waals surface area contributed by atoms with E-state index in [1.165, 1.54) is 26.0 Å². The van der Waals surface area contributed by atoms with Gasteiger partial charge in [-0.25, -0.2) is 4.39 Å². The summed E-state index contributed by atoms with van der Waals surface area (Å²) in [6.07, 6.45) is 3.56. The number of nitrogen functional groups attached to an aromatic ring is 1. The molecular formula is C12H18FNOS. The monoisotopic (exact) mass is 243 g/mol. The Morgan fingerprint density at radius 1 is 1.38 bits per heavy atom. The molecule has 16 heavy (non-hydrogen) atoms. The molecule has 0 saturated carbocycles. The molecule has 0 aliphatic heterocycles. The van der Waals surface area contributed by atoms with Crippen LogP contribution in [-0.4, -0.2) is 12.9 Å². The standard InChI is InChI=1S/C12H18FNOS/c1-3-4-5-6-16-12-8-11(15-2)9(13)7-10(12)14/h7-8H,3-6,14H2,1-2H3. The Hall–Kier alpha value is -0.900. The van der Waals surface area contributed by atoms with Gasteiger partial charge in [-0.3, -0.25) is 0 Å². The Morgan fingerprint density at radius 3 is 2.75 bits per heavy atom. The summed E-state index contributed by atoms with van der Waals surface area (Å²) in [7, 11) is 1.46. The third-order valence-corrected chi connectivity index (χ3v) is 3.45. The van der Waals surface area contributed by atoms with Crippen molar-refractivity contribution in [2.45, 2.75) is 31.1 Å². The minimum absolute atomic E-state index is 0.257. The summed E-state index contributed by atoms with van der Waals surface area (Å²) in [5, 5.41) is 0. The second-order valence-corrected chi connectivity index (χ2v) is 4.72. The largest absolute Gasteiger partial charge is 0.494 e. The first kappa shape index (κ1) is 13.2. The Morgan fingerprint density at radius 2 is 2.12 bits per heavy atom. The van der Waals surface area contributed by atoms with E-state index >= 15 is 0 Å². The molecule has 0 bridgehead atoms. The molecule has 0 spiro atoms. The van der Waals surface area contributed by atoms with Gasteiger partial charge < -0.3 is 10.5 Å². The number of methoxy groups -OCH3 is 1. The van der Waals surface area contributed by atoms with Crippen molar-refractivity contribution in [3.63, 3.8) is 0 Å². The molecular weight excluding hydrogens is 225 g/mol. The van der Waals surface area contributed by atoms with Gasteiger partial charge in [-0.1, -0.05) is 19.8 Å². The lowest BCUT2D eigenvalue weighted by Gasteiger charge is -2.08. The Labute approximate surface area is 100 Å². The van der Waals surface area contributed by atoms with Crippen molar-refractivity contribution in [2.24, 2.45) is 0 Å². The number of unbranched alkanes of at least 4 members (excludes halogenated alkanes) is 2. The summed E-state index contributed by atoms with van der Waals surface area (Å²) in [4.78, 5) is 0.898. The van der Waals surface area contributed by atoms with E-state index in [0.29, 0.717) is 5.69 Å². The predicted molar refractivity (Wildman–Crippen MR) is 67.6 cm³/mol. The topological polar surface area (TPSA) is 35.2 Å². The molecule has 0 aliphatic rings. The first-order chi connectivity index (χ1) is 7.69. The summed E-state index contributed by atoms with van der Waals surface area (Å²) in [5.74, 6) is 0.859. The molecule has 1 rings (SSSR count). The van der Waals surface area contributed by atoms with E-state index in [4.69, 9.17) is 10.5 Å². The van der Waals surface area contributed by atoms with Gasteiger partial charge in [0.1, 0.15) is 0 Å². The highest BCUT2D eigenvalue weighted by Crippen LogP contribution is 2.31. The molecule has 2 nitrogen and oxygen atoms in total. The van der Waals surface area contributed by atoms with Gasteiger partial charge in [-0.15, -0.1) is 11.8 Å². The van der Waals surface area contributed by atoms with Crippen molar-refractivity contribution < 1.29 is 9.13 Å². The molecule has 1 aromatic carbocycles. The zero-order chi connectivity index (χ0) is 12.0. The normalized spacial score (nSPS) is 10.4. The molecule has 0 fully saturated rings. The van der Waals surface area contributed by atoms with Gasteiger partial charge in [0.15, 0.2) is 11.6 Å². The number of hydrogen-bond acceptors (Lipinski definition) is 3. The molecule has 0 radical (unpaired) electrons. The van der Waals surface area contributed by atoms with E-state index < -0.39 is 5.82 Å². The predicted octanol–water partition coefficient (Wildman–Crippen LogP) is 3.70. The number of ether oxygens (including phenoxy) is 1. The third kappa shape index (κ3) is 3.59. The Bertz CT molecular complexity index is 344. The highest BCUT2D eigenvalue weighted by molar-refractivity contribution is 7.99. The molecule has 0 amide bonds. The van der Waals surface area contributed by atoms with Crippen molar-refractivity contribution >= 4 is 17.4 Å². The van der Waals surface area contributed by atoms with Crippen LogP contribution in [0.4, 0.5) is 10.1 Å². The second-order valence-electron chi connectivity index (χ2n) is 3.58. The van der Waals surface area contributed by atoms with Crippen LogP contribution in [0, 0.1) is 5.82 Å². The summed E-state index contributed by atoms with van der Waals surface area (Å²) < 4.78 is 18.2. The van der Waals surface area contributed by atoms with E-state index in [-0.39, 0.29) is 5.75 Å². The van der Waals surface area contributed by atoms with Crippen molar-refractivity contribution in [3.05, 3.63) is 17.9 Å². The summed E-state index contributed by atoms with van der Waals surface area (Å²) in [6.45, 7) is 2.17. The van der Waals surface area contributed by atoms with Crippen LogP contribution < -0.4 is 10.5 Å². The maximum absolute atomic E-state index is 13.3. The number of thioether (sulfide) groups is 1. The lowest BCUT2D eigenvalue weighted by atomic mass is 10.3. The molecule has 0 heterocycles. The van der Waals surface area contributed by atoms with Gasteiger partial charge in [-0.2, -0.15) is 0 Å². The van der Waals surface area contributed by atoms with Gasteiger partial charge in [0, 0.05) is 16.6 Å². The highest BCUT2D eigenvalue weighted by Gasteiger charge is 2.08. The average molecular weight is 243 g/mol. The zero-order valence-electron chi connectivity index (χ0n) is 9.75. The van der Waals surface area contributed by atoms with Crippen molar-refractivity contribution in [3.8, 4) is 5.75 Å². The van der Waals surface area contributed by atoms with Crippen LogP contribution in [0.3, 0.4) is 0 Å². The smallest absolute Gasteiger partial charge is 0.167 e. The van der Waals surface area contributed by atoms with Crippen LogP contribution >= 0.6 is 11.8 Å². The van der Waals surface area contributed by atoms with Crippen LogP contribution in [0.1, 0.15) is 26.2 Å². The van der Waals surface area contributed by atoms with Gasteiger partial charge in [0.2, 0.25) is 0 Å². The van der Waals surface area contributed by atoms with E-state index in [2.05, 4.69) is 6.92 Å². The zero-order valence-corrected chi connectivity index (χ0v) is 10.6. The molecule has 2 N–H and O–H groups in total. The lowest BCUT2D eigenvalue weighted by Crippen LogP contribution is -1.95. The summed E-state index contributed by atoms with van der Waals surface area (Å²) >= 11 is 1.65. The van der Waals surface area contributed by atoms with Gasteiger partial charge >= 0.3 is 0 Å². The second kappa shape index (κ2) is 6.63. The number of halogens is 1. The van der Waals surface area contributed by atoms with Crippen molar-refractivity contribution in [2.75, 3.05) is 18.6 Å².